The normalized spacial score (nSPS) is 26.1. The second kappa shape index (κ2) is 18.2. The molecule has 0 aromatic heterocycles. The first-order chi connectivity index (χ1) is 19.2. The molecule has 2 rings (SSSR count). The summed E-state index contributed by atoms with van der Waals surface area (Å²) < 4.78 is 0. The Bertz CT molecular complexity index is 814. The minimum absolute atomic E-state index is 0.0369. The topological polar surface area (TPSA) is 49.8 Å². The average molecular weight is 558 g/mol. The Labute approximate surface area is 247 Å². The molecule has 5 unspecified atom stereocenters. The highest BCUT2D eigenvalue weighted by Crippen LogP contribution is 2.50. The highest BCUT2D eigenvalue weighted by atomic mass is 16.7. The lowest BCUT2D eigenvalue weighted by Crippen LogP contribution is -2.66. The van der Waals surface area contributed by atoms with Gasteiger partial charge in [-0.2, -0.15) is 5.06 Å². The Kier molecular flexibility index (Phi) is 15.8. The number of hydroxylamine groups is 2. The van der Waals surface area contributed by atoms with Gasteiger partial charge in [-0.25, -0.2) is 0 Å². The van der Waals surface area contributed by atoms with E-state index >= 15 is 0 Å². The van der Waals surface area contributed by atoms with Crippen LogP contribution in [0.4, 0.5) is 0 Å². The summed E-state index contributed by atoms with van der Waals surface area (Å²) in [5, 5.41) is 11.1. The summed E-state index contributed by atoms with van der Waals surface area (Å²) in [5.41, 5.74) is 1.35. The molecule has 5 atom stereocenters. The largest absolute Gasteiger partial charge is 0.481 e. The van der Waals surface area contributed by atoms with Crippen LogP contribution in [0, 0.1) is 11.8 Å². The van der Waals surface area contributed by atoms with Crippen molar-refractivity contribution in [2.75, 3.05) is 0 Å². The van der Waals surface area contributed by atoms with Crippen LogP contribution in [0.3, 0.4) is 0 Å². The van der Waals surface area contributed by atoms with Gasteiger partial charge in [-0.05, 0) is 63.9 Å². The van der Waals surface area contributed by atoms with Gasteiger partial charge >= 0.3 is 5.97 Å². The summed E-state index contributed by atoms with van der Waals surface area (Å²) in [4.78, 5) is 17.4. The van der Waals surface area contributed by atoms with Crippen LogP contribution >= 0.6 is 0 Å². The molecule has 1 aliphatic rings. The molecular formula is C36H63NO3. The zero-order valence-electron chi connectivity index (χ0n) is 27.1. The van der Waals surface area contributed by atoms with Gasteiger partial charge in [-0.15, -0.1) is 0 Å². The van der Waals surface area contributed by atoms with Gasteiger partial charge in [0.1, 0.15) is 6.10 Å². The molecule has 0 aliphatic carbocycles. The van der Waals surface area contributed by atoms with Crippen molar-refractivity contribution in [2.45, 2.75) is 174 Å². The number of unbranched alkanes of at least 4 members (excludes halogenated alkanes) is 12. The van der Waals surface area contributed by atoms with Gasteiger partial charge in [0.25, 0.3) is 0 Å². The fourth-order valence-electron chi connectivity index (χ4n) is 7.06. The number of rotatable bonds is 21. The van der Waals surface area contributed by atoms with Crippen LogP contribution in [0.15, 0.2) is 30.3 Å². The first-order valence-corrected chi connectivity index (χ1v) is 16.9. The van der Waals surface area contributed by atoms with Gasteiger partial charge < -0.3 is 5.11 Å². The van der Waals surface area contributed by atoms with E-state index in [1.54, 1.807) is 0 Å². The summed E-state index contributed by atoms with van der Waals surface area (Å²) in [6.07, 6.45) is 21.8. The van der Waals surface area contributed by atoms with Gasteiger partial charge in [-0.1, -0.05) is 135 Å². The van der Waals surface area contributed by atoms with Crippen molar-refractivity contribution < 1.29 is 14.7 Å². The fourth-order valence-corrected chi connectivity index (χ4v) is 7.06. The van der Waals surface area contributed by atoms with E-state index in [2.05, 4.69) is 76.9 Å². The van der Waals surface area contributed by atoms with Crippen LogP contribution in [0.2, 0.25) is 0 Å². The summed E-state index contributed by atoms with van der Waals surface area (Å²) in [7, 11) is 0. The van der Waals surface area contributed by atoms with Gasteiger partial charge in [-0.3, -0.25) is 9.63 Å². The van der Waals surface area contributed by atoms with Crippen molar-refractivity contribution in [3.05, 3.63) is 35.9 Å². The average Bonchev–Trinajstić information content (AvgIpc) is 2.95. The number of hydrogen-bond acceptors (Lipinski definition) is 3. The number of hydrogen-bond donors (Lipinski definition) is 1. The third kappa shape index (κ3) is 10.8. The number of aliphatic carboxylic acids is 1. The van der Waals surface area contributed by atoms with Crippen molar-refractivity contribution >= 4 is 5.97 Å². The van der Waals surface area contributed by atoms with Crippen molar-refractivity contribution in [3.8, 4) is 0 Å². The quantitative estimate of drug-likeness (QED) is 0.153. The van der Waals surface area contributed by atoms with Gasteiger partial charge in [0.2, 0.25) is 0 Å². The van der Waals surface area contributed by atoms with Crippen molar-refractivity contribution in [1.82, 2.24) is 5.06 Å². The zero-order chi connectivity index (χ0) is 29.4. The minimum atomic E-state index is -0.659. The van der Waals surface area contributed by atoms with E-state index in [0.717, 1.165) is 31.6 Å². The Morgan fingerprint density at radius 3 is 1.85 bits per heavy atom. The molecule has 0 amide bonds. The lowest BCUT2D eigenvalue weighted by molar-refractivity contribution is -0.332. The number of carboxylic acids is 1. The maximum atomic E-state index is 10.5. The predicted octanol–water partition coefficient (Wildman–Crippen LogP) is 10.9. The fraction of sp³-hybridized carbons (Fsp3) is 0.806. The third-order valence-corrected chi connectivity index (χ3v) is 10.3. The molecular weight excluding hydrogens is 494 g/mol. The zero-order valence-corrected chi connectivity index (χ0v) is 27.1. The lowest BCUT2D eigenvalue weighted by atomic mass is 9.64. The Hall–Kier alpha value is -1.39. The summed E-state index contributed by atoms with van der Waals surface area (Å²) in [6, 6.07) is 10.7. The van der Waals surface area contributed by atoms with Gasteiger partial charge in [0.05, 0.1) is 0 Å². The van der Waals surface area contributed by atoms with E-state index < -0.39 is 5.97 Å². The SMILES string of the molecule is CCC1(C)CC(CCCCCCCCCCCCCCCC(=O)O)C(C)C(C)(CC)N1OC(C)c1ccccc1. The molecule has 0 saturated carbocycles. The van der Waals surface area contributed by atoms with E-state index in [-0.39, 0.29) is 17.2 Å². The van der Waals surface area contributed by atoms with Crippen molar-refractivity contribution in [1.29, 1.82) is 0 Å². The maximum absolute atomic E-state index is 10.5. The number of piperidine rings is 1. The highest BCUT2D eigenvalue weighted by Gasteiger charge is 2.53. The van der Waals surface area contributed by atoms with Crippen LogP contribution in [0.25, 0.3) is 0 Å². The Morgan fingerprint density at radius 2 is 1.38 bits per heavy atom. The first kappa shape index (κ1) is 34.8. The first-order valence-electron chi connectivity index (χ1n) is 16.9. The molecule has 0 radical (unpaired) electrons. The molecule has 1 saturated heterocycles. The smallest absolute Gasteiger partial charge is 0.303 e. The van der Waals surface area contributed by atoms with E-state index in [4.69, 9.17) is 9.94 Å². The molecule has 1 N–H and O–H groups in total. The monoisotopic (exact) mass is 557 g/mol. The molecule has 1 aromatic rings. The van der Waals surface area contributed by atoms with Crippen molar-refractivity contribution in [2.24, 2.45) is 11.8 Å². The predicted molar refractivity (Wildman–Crippen MR) is 169 cm³/mol. The number of carboxylic acid groups (broad SMARTS) is 1. The second-order valence-electron chi connectivity index (χ2n) is 13.3. The molecule has 4 nitrogen and oxygen atoms in total. The Morgan fingerprint density at radius 1 is 0.875 bits per heavy atom. The third-order valence-electron chi connectivity index (χ3n) is 10.3. The molecule has 40 heavy (non-hydrogen) atoms. The van der Waals surface area contributed by atoms with Gasteiger partial charge in [0.15, 0.2) is 0 Å². The number of carbonyl (C=O) groups is 1. The van der Waals surface area contributed by atoms with Crippen LogP contribution < -0.4 is 0 Å². The summed E-state index contributed by atoms with van der Waals surface area (Å²) in [5.74, 6) is 0.706. The van der Waals surface area contributed by atoms with E-state index in [9.17, 15) is 4.79 Å². The molecule has 230 valence electrons. The molecule has 1 heterocycles. The van der Waals surface area contributed by atoms with E-state index in [0.29, 0.717) is 12.3 Å². The molecule has 0 spiro atoms. The lowest BCUT2D eigenvalue weighted by Gasteiger charge is -2.60. The molecule has 1 aromatic carbocycles. The van der Waals surface area contributed by atoms with Crippen LogP contribution in [0.1, 0.15) is 169 Å². The van der Waals surface area contributed by atoms with Crippen LogP contribution in [0.5, 0.6) is 0 Å². The minimum Gasteiger partial charge on any atom is -0.481 e. The van der Waals surface area contributed by atoms with E-state index in [1.807, 2.05) is 0 Å². The van der Waals surface area contributed by atoms with Gasteiger partial charge in [0, 0.05) is 17.5 Å². The Balaban J connectivity index is 1.69. The van der Waals surface area contributed by atoms with E-state index in [1.165, 1.54) is 89.0 Å². The second-order valence-corrected chi connectivity index (χ2v) is 13.3. The standard InChI is InChI=1S/C36H63NO3/c1-7-35(5)29-33(27-21-18-16-14-12-10-9-11-13-15-17-19-24-28-34(38)39)30(3)36(6,8-2)37(35)40-31(4)32-25-22-20-23-26-32/h20,22-23,25-26,30-31,33H,7-19,21,24,27-29H2,1-6H3,(H,38,39). The van der Waals surface area contributed by atoms with Crippen molar-refractivity contribution in [3.63, 3.8) is 0 Å². The molecule has 1 fully saturated rings. The number of benzene rings is 1. The number of nitrogens with zero attached hydrogens (tertiary/aromatic N) is 1. The molecule has 0 bridgehead atoms. The summed E-state index contributed by atoms with van der Waals surface area (Å²) >= 11 is 0. The van der Waals surface area contributed by atoms with Crippen LogP contribution in [-0.2, 0) is 9.63 Å². The highest BCUT2D eigenvalue weighted by molar-refractivity contribution is 5.66. The molecule has 1 aliphatic heterocycles. The maximum Gasteiger partial charge on any atom is 0.303 e. The molecule has 4 heteroatoms. The summed E-state index contributed by atoms with van der Waals surface area (Å²) in [6.45, 7) is 14.3. The van der Waals surface area contributed by atoms with Crippen LogP contribution in [-0.4, -0.2) is 27.2 Å².